The van der Waals surface area contributed by atoms with Gasteiger partial charge in [-0.1, -0.05) is 6.07 Å². The lowest BCUT2D eigenvalue weighted by Crippen LogP contribution is -2.13. The summed E-state index contributed by atoms with van der Waals surface area (Å²) in [5, 5.41) is 12.0. The minimum Gasteiger partial charge on any atom is -0.496 e. The predicted octanol–water partition coefficient (Wildman–Crippen LogP) is 4.24. The molecule has 2 aromatic rings. The Morgan fingerprint density at radius 2 is 2.00 bits per heavy atom. The zero-order valence-electron chi connectivity index (χ0n) is 13.9. The van der Waals surface area contributed by atoms with Gasteiger partial charge in [-0.3, -0.25) is 4.79 Å². The van der Waals surface area contributed by atoms with E-state index in [0.717, 1.165) is 20.6 Å². The Morgan fingerprint density at radius 3 is 2.56 bits per heavy atom. The third-order valence-corrected chi connectivity index (χ3v) is 4.12. The molecule has 25 heavy (non-hydrogen) atoms. The summed E-state index contributed by atoms with van der Waals surface area (Å²) in [6, 6.07) is 14.4. The van der Waals surface area contributed by atoms with Gasteiger partial charge in [0.15, 0.2) is 0 Å². The Morgan fingerprint density at radius 1 is 1.28 bits per heavy atom. The first-order valence-corrected chi connectivity index (χ1v) is 8.64. The molecule has 2 rings (SSSR count). The summed E-state index contributed by atoms with van der Waals surface area (Å²) in [7, 11) is 1.60. The van der Waals surface area contributed by atoms with E-state index in [1.54, 1.807) is 49.6 Å². The van der Waals surface area contributed by atoms with Crippen LogP contribution in [0.15, 0.2) is 48.0 Å². The number of carbonyl (C=O) groups is 1. The maximum Gasteiger partial charge on any atom is 0.266 e. The third-order valence-electron chi connectivity index (χ3n) is 3.28. The molecule has 0 aliphatic heterocycles. The van der Waals surface area contributed by atoms with Gasteiger partial charge in [0.1, 0.15) is 23.1 Å². The fourth-order valence-electron chi connectivity index (χ4n) is 2.09. The highest BCUT2D eigenvalue weighted by atomic mass is 127. The van der Waals surface area contributed by atoms with Gasteiger partial charge in [0.2, 0.25) is 0 Å². The van der Waals surface area contributed by atoms with Crippen LogP contribution in [0.1, 0.15) is 12.5 Å². The van der Waals surface area contributed by atoms with Gasteiger partial charge in [-0.2, -0.15) is 5.26 Å². The number of nitrogens with one attached hydrogen (secondary N) is 1. The van der Waals surface area contributed by atoms with Crippen molar-refractivity contribution in [1.29, 1.82) is 5.26 Å². The molecule has 0 heterocycles. The van der Waals surface area contributed by atoms with Crippen molar-refractivity contribution in [2.45, 2.75) is 6.92 Å². The van der Waals surface area contributed by atoms with Gasteiger partial charge in [-0.15, -0.1) is 0 Å². The quantitative estimate of drug-likeness (QED) is 0.408. The number of anilines is 1. The Labute approximate surface area is 160 Å². The number of benzene rings is 2. The highest BCUT2D eigenvalue weighted by molar-refractivity contribution is 14.1. The number of nitriles is 1. The SMILES string of the molecule is CCOc1ccc(NC(=O)/C(C#N)=C\c2ccc(OC)c(I)c2)cc1. The minimum absolute atomic E-state index is 0.0230. The van der Waals surface area contributed by atoms with Gasteiger partial charge < -0.3 is 14.8 Å². The van der Waals surface area contributed by atoms with E-state index in [0.29, 0.717) is 12.3 Å². The molecule has 0 saturated heterocycles. The standard InChI is InChI=1S/C19H17IN2O3/c1-3-25-16-7-5-15(6-8-16)22-19(23)14(12-21)10-13-4-9-18(24-2)17(20)11-13/h4-11H,3H2,1-2H3,(H,22,23)/b14-10-. The van der Waals surface area contributed by atoms with Gasteiger partial charge in [-0.25, -0.2) is 0 Å². The molecule has 0 saturated carbocycles. The average molecular weight is 448 g/mol. The van der Waals surface area contributed by atoms with Gasteiger partial charge in [-0.05, 0) is 77.6 Å². The van der Waals surface area contributed by atoms with Crippen molar-refractivity contribution in [3.63, 3.8) is 0 Å². The summed E-state index contributed by atoms with van der Waals surface area (Å²) in [6.45, 7) is 2.48. The first-order valence-electron chi connectivity index (χ1n) is 7.57. The van der Waals surface area contributed by atoms with Crippen LogP contribution in [-0.4, -0.2) is 19.6 Å². The molecule has 128 valence electrons. The molecule has 1 amide bonds. The highest BCUT2D eigenvalue weighted by Crippen LogP contribution is 2.23. The van der Waals surface area contributed by atoms with Crippen molar-refractivity contribution in [3.8, 4) is 17.6 Å². The zero-order valence-corrected chi connectivity index (χ0v) is 16.0. The predicted molar refractivity (Wildman–Crippen MR) is 106 cm³/mol. The van der Waals surface area contributed by atoms with Crippen LogP contribution >= 0.6 is 22.6 Å². The lowest BCUT2D eigenvalue weighted by Gasteiger charge is -2.07. The Bertz CT molecular complexity index is 824. The fraction of sp³-hybridized carbons (Fsp3) is 0.158. The number of halogens is 1. The smallest absolute Gasteiger partial charge is 0.266 e. The van der Waals surface area contributed by atoms with Crippen molar-refractivity contribution in [3.05, 3.63) is 57.2 Å². The van der Waals surface area contributed by atoms with Crippen LogP contribution in [0, 0.1) is 14.9 Å². The van der Waals surface area contributed by atoms with Gasteiger partial charge >= 0.3 is 0 Å². The lowest BCUT2D eigenvalue weighted by atomic mass is 10.1. The van der Waals surface area contributed by atoms with Crippen LogP contribution < -0.4 is 14.8 Å². The summed E-state index contributed by atoms with van der Waals surface area (Å²) in [5.74, 6) is 1.01. The van der Waals surface area contributed by atoms with Crippen molar-refractivity contribution in [2.75, 3.05) is 19.0 Å². The lowest BCUT2D eigenvalue weighted by molar-refractivity contribution is -0.112. The minimum atomic E-state index is -0.461. The number of carbonyl (C=O) groups excluding carboxylic acids is 1. The number of amides is 1. The van der Waals surface area contributed by atoms with Crippen molar-refractivity contribution in [2.24, 2.45) is 0 Å². The number of methoxy groups -OCH3 is 1. The van der Waals surface area contributed by atoms with Crippen LogP contribution in [0.4, 0.5) is 5.69 Å². The summed E-state index contributed by atoms with van der Waals surface area (Å²) in [6.07, 6.45) is 1.55. The van der Waals surface area contributed by atoms with E-state index >= 15 is 0 Å². The second-order valence-electron chi connectivity index (χ2n) is 4.98. The largest absolute Gasteiger partial charge is 0.496 e. The molecule has 0 unspecified atom stereocenters. The topological polar surface area (TPSA) is 71.3 Å². The molecule has 0 aliphatic rings. The van der Waals surface area contributed by atoms with Crippen LogP contribution in [0.25, 0.3) is 6.08 Å². The third kappa shape index (κ3) is 5.22. The second-order valence-corrected chi connectivity index (χ2v) is 6.14. The van der Waals surface area contributed by atoms with E-state index in [-0.39, 0.29) is 5.57 Å². The van der Waals surface area contributed by atoms with Crippen LogP contribution in [0.2, 0.25) is 0 Å². The number of nitrogens with zero attached hydrogens (tertiary/aromatic N) is 1. The van der Waals surface area contributed by atoms with Crippen molar-refractivity contribution < 1.29 is 14.3 Å². The maximum atomic E-state index is 12.3. The molecule has 0 fully saturated rings. The first-order chi connectivity index (χ1) is 12.1. The second kappa shape index (κ2) is 9.08. The molecule has 2 aromatic carbocycles. The van der Waals surface area contributed by atoms with Crippen molar-refractivity contribution >= 4 is 40.3 Å². The van der Waals surface area contributed by atoms with Crippen molar-refractivity contribution in [1.82, 2.24) is 0 Å². The molecular weight excluding hydrogens is 431 g/mol. The normalized spacial score (nSPS) is 10.7. The zero-order chi connectivity index (χ0) is 18.2. The van der Waals surface area contributed by atoms with Crippen LogP contribution in [0.5, 0.6) is 11.5 Å². The monoisotopic (exact) mass is 448 g/mol. The van der Waals surface area contributed by atoms with E-state index in [4.69, 9.17) is 9.47 Å². The van der Waals surface area contributed by atoms with Gasteiger partial charge in [0.05, 0.1) is 17.3 Å². The van der Waals surface area contributed by atoms with E-state index in [1.165, 1.54) is 0 Å². The van der Waals surface area contributed by atoms with E-state index < -0.39 is 5.91 Å². The summed E-state index contributed by atoms with van der Waals surface area (Å²) >= 11 is 2.14. The molecule has 0 atom stereocenters. The van der Waals surface area contributed by atoms with E-state index in [9.17, 15) is 10.1 Å². The average Bonchev–Trinajstić information content (AvgIpc) is 2.61. The van der Waals surface area contributed by atoms with Crippen LogP contribution in [-0.2, 0) is 4.79 Å². The van der Waals surface area contributed by atoms with E-state index in [2.05, 4.69) is 27.9 Å². The molecule has 0 radical (unpaired) electrons. The summed E-state index contributed by atoms with van der Waals surface area (Å²) < 4.78 is 11.5. The number of hydrogen-bond donors (Lipinski definition) is 1. The number of hydrogen-bond acceptors (Lipinski definition) is 4. The molecule has 0 aliphatic carbocycles. The highest BCUT2D eigenvalue weighted by Gasteiger charge is 2.10. The van der Waals surface area contributed by atoms with Gasteiger partial charge in [0, 0.05) is 5.69 Å². The molecule has 0 bridgehead atoms. The Kier molecular flexibility index (Phi) is 6.83. The molecular formula is C19H17IN2O3. The first kappa shape index (κ1) is 18.8. The Balaban J connectivity index is 2.15. The molecule has 6 heteroatoms. The van der Waals surface area contributed by atoms with E-state index in [1.807, 2.05) is 19.1 Å². The molecule has 0 aromatic heterocycles. The fourth-order valence-corrected chi connectivity index (χ4v) is 2.85. The summed E-state index contributed by atoms with van der Waals surface area (Å²) in [4.78, 5) is 12.3. The maximum absolute atomic E-state index is 12.3. The number of rotatable bonds is 6. The summed E-state index contributed by atoms with van der Waals surface area (Å²) in [5.41, 5.74) is 1.37. The van der Waals surface area contributed by atoms with Crippen LogP contribution in [0.3, 0.4) is 0 Å². The molecule has 0 spiro atoms. The Hall–Kier alpha value is -2.53. The molecule has 5 nitrogen and oxygen atoms in total. The number of ether oxygens (including phenoxy) is 2. The van der Waals surface area contributed by atoms with Gasteiger partial charge in [0.25, 0.3) is 5.91 Å². The molecule has 1 N–H and O–H groups in total.